The molecule has 0 spiro atoms. The van der Waals surface area contributed by atoms with Gasteiger partial charge in [-0.2, -0.15) is 0 Å². The van der Waals surface area contributed by atoms with Crippen molar-refractivity contribution in [1.82, 2.24) is 4.90 Å². The Morgan fingerprint density at radius 1 is 1.00 bits per heavy atom. The lowest BCUT2D eigenvalue weighted by molar-refractivity contribution is -0.184. The molecule has 1 aliphatic heterocycles. The predicted molar refractivity (Wildman–Crippen MR) is 143 cm³/mol. The van der Waals surface area contributed by atoms with Gasteiger partial charge in [0.25, 0.3) is 0 Å². The zero-order valence-corrected chi connectivity index (χ0v) is 22.9. The number of nitrogens with zero attached hydrogens (tertiary/aromatic N) is 1. The SMILES string of the molecule is C[C@]12CC[C@H](OCCN)C[C@H]1CC[C@@H]1[C@@H]2CC[C@@]2(C)[C@H]1CC[C@@]2(OCCN1CCCC1)c1ccoc1. The summed E-state index contributed by atoms with van der Waals surface area (Å²) in [5, 5.41) is 0. The molecule has 1 aromatic heterocycles. The summed E-state index contributed by atoms with van der Waals surface area (Å²) in [6, 6.07) is 2.20. The Labute approximate surface area is 218 Å². The first kappa shape index (κ1) is 25.4. The van der Waals surface area contributed by atoms with Crippen molar-refractivity contribution in [1.29, 1.82) is 0 Å². The van der Waals surface area contributed by atoms with Crippen molar-refractivity contribution < 1.29 is 13.9 Å². The highest BCUT2D eigenvalue weighted by Gasteiger charge is 2.66. The Bertz CT molecular complexity index is 869. The minimum absolute atomic E-state index is 0.188. The third-order valence-electron chi connectivity index (χ3n) is 12.2. The molecule has 5 heteroatoms. The molecule has 1 aromatic rings. The molecule has 2 N–H and O–H groups in total. The van der Waals surface area contributed by atoms with Gasteiger partial charge in [-0.1, -0.05) is 13.8 Å². The number of ether oxygens (including phenoxy) is 2. The van der Waals surface area contributed by atoms with Gasteiger partial charge in [-0.3, -0.25) is 0 Å². The molecule has 5 aliphatic rings. The first-order chi connectivity index (χ1) is 17.5. The predicted octanol–water partition coefficient (Wildman–Crippen LogP) is 5.97. The Hall–Kier alpha value is -0.880. The van der Waals surface area contributed by atoms with Gasteiger partial charge < -0.3 is 24.5 Å². The van der Waals surface area contributed by atoms with E-state index in [0.717, 1.165) is 43.2 Å². The van der Waals surface area contributed by atoms with Crippen LogP contribution in [0, 0.1) is 34.5 Å². The molecule has 5 fully saturated rings. The van der Waals surface area contributed by atoms with Crippen molar-refractivity contribution in [2.24, 2.45) is 40.2 Å². The Balaban J connectivity index is 1.21. The van der Waals surface area contributed by atoms with E-state index >= 15 is 0 Å². The van der Waals surface area contributed by atoms with Crippen LogP contribution in [0.25, 0.3) is 0 Å². The summed E-state index contributed by atoms with van der Waals surface area (Å²) in [6.07, 6.45) is 18.6. The summed E-state index contributed by atoms with van der Waals surface area (Å²) in [5.41, 5.74) is 7.50. The Kier molecular flexibility index (Phi) is 7.07. The second-order valence-electron chi connectivity index (χ2n) is 13.4. The largest absolute Gasteiger partial charge is 0.472 e. The molecule has 4 saturated carbocycles. The fourth-order valence-electron chi connectivity index (χ4n) is 10.2. The molecule has 0 amide bonds. The summed E-state index contributed by atoms with van der Waals surface area (Å²) in [5.74, 6) is 3.26. The summed E-state index contributed by atoms with van der Waals surface area (Å²) in [7, 11) is 0. The fraction of sp³-hybridized carbons (Fsp3) is 0.871. The van der Waals surface area contributed by atoms with E-state index in [1.54, 1.807) is 0 Å². The van der Waals surface area contributed by atoms with Crippen molar-refractivity contribution in [3.63, 3.8) is 0 Å². The highest BCUT2D eigenvalue weighted by Crippen LogP contribution is 2.71. The van der Waals surface area contributed by atoms with E-state index in [2.05, 4.69) is 24.8 Å². The van der Waals surface area contributed by atoms with E-state index in [-0.39, 0.29) is 11.0 Å². The number of likely N-dealkylation sites (tertiary alicyclic amines) is 1. The normalized spacial score (nSPS) is 44.8. The smallest absolute Gasteiger partial charge is 0.102 e. The number of rotatable bonds is 8. The molecule has 8 atom stereocenters. The minimum atomic E-state index is -0.194. The molecule has 36 heavy (non-hydrogen) atoms. The molecule has 5 nitrogen and oxygen atoms in total. The molecule has 4 aliphatic carbocycles. The maximum atomic E-state index is 7.10. The average Bonchev–Trinajstić information content (AvgIpc) is 3.64. The lowest BCUT2D eigenvalue weighted by Gasteiger charge is -2.62. The number of fused-ring (bicyclic) bond motifs is 5. The van der Waals surface area contributed by atoms with E-state index in [1.165, 1.54) is 82.9 Å². The Morgan fingerprint density at radius 2 is 1.83 bits per heavy atom. The van der Waals surface area contributed by atoms with Crippen molar-refractivity contribution >= 4 is 0 Å². The molecular formula is C31H50N2O3. The zero-order chi connectivity index (χ0) is 24.8. The fourth-order valence-corrected chi connectivity index (χ4v) is 10.2. The van der Waals surface area contributed by atoms with Crippen molar-refractivity contribution in [3.8, 4) is 0 Å². The molecular weight excluding hydrogens is 448 g/mol. The van der Waals surface area contributed by atoms with Crippen LogP contribution in [0.2, 0.25) is 0 Å². The second-order valence-corrected chi connectivity index (χ2v) is 13.4. The highest BCUT2D eigenvalue weighted by molar-refractivity contribution is 5.27. The van der Waals surface area contributed by atoms with Crippen LogP contribution in [0.4, 0.5) is 0 Å². The second kappa shape index (κ2) is 10.0. The molecule has 202 valence electrons. The van der Waals surface area contributed by atoms with Gasteiger partial charge >= 0.3 is 0 Å². The highest BCUT2D eigenvalue weighted by atomic mass is 16.5. The van der Waals surface area contributed by atoms with E-state index < -0.39 is 0 Å². The molecule has 0 aromatic carbocycles. The quantitative estimate of drug-likeness (QED) is 0.478. The summed E-state index contributed by atoms with van der Waals surface area (Å²) >= 11 is 0. The van der Waals surface area contributed by atoms with Crippen molar-refractivity contribution in [2.45, 2.75) is 96.2 Å². The zero-order valence-electron chi connectivity index (χ0n) is 22.9. The lowest BCUT2D eigenvalue weighted by atomic mass is 9.44. The molecule has 0 radical (unpaired) electrons. The van der Waals surface area contributed by atoms with Crippen LogP contribution in [0.1, 0.15) is 90.0 Å². The van der Waals surface area contributed by atoms with E-state index in [9.17, 15) is 0 Å². The summed E-state index contributed by atoms with van der Waals surface area (Å²) in [4.78, 5) is 2.59. The van der Waals surface area contributed by atoms with Gasteiger partial charge in [0.1, 0.15) is 5.60 Å². The van der Waals surface area contributed by atoms with Crippen molar-refractivity contribution in [3.05, 3.63) is 24.2 Å². The average molecular weight is 499 g/mol. The molecule has 1 saturated heterocycles. The molecule has 2 heterocycles. The van der Waals surface area contributed by atoms with Crippen LogP contribution in [-0.2, 0) is 15.1 Å². The maximum absolute atomic E-state index is 7.10. The number of hydrogen-bond donors (Lipinski definition) is 1. The van der Waals surface area contributed by atoms with Crippen molar-refractivity contribution in [2.75, 3.05) is 39.4 Å². The third kappa shape index (κ3) is 4.03. The number of furan rings is 1. The van der Waals surface area contributed by atoms with E-state index in [4.69, 9.17) is 19.6 Å². The van der Waals surface area contributed by atoms with Gasteiger partial charge in [0.15, 0.2) is 0 Å². The minimum Gasteiger partial charge on any atom is -0.472 e. The summed E-state index contributed by atoms with van der Waals surface area (Å²) < 4.78 is 18.9. The number of nitrogens with two attached hydrogens (primary N) is 1. The van der Waals surface area contributed by atoms with Gasteiger partial charge in [-0.15, -0.1) is 0 Å². The van der Waals surface area contributed by atoms with E-state index in [0.29, 0.717) is 24.7 Å². The Morgan fingerprint density at radius 3 is 2.61 bits per heavy atom. The molecule has 0 bridgehead atoms. The van der Waals surface area contributed by atoms with Crippen LogP contribution < -0.4 is 5.73 Å². The standard InChI is InChI=1S/C31H50N2O3/c1-29-11-7-25(35-19-14-32)21-23(29)5-6-26-27(29)8-12-30(2)28(26)9-13-31(30,24-10-18-34-22-24)36-20-17-33-15-3-4-16-33/h10,18,22-23,25-28H,3-9,11-17,19-21,32H2,1-2H3/t23-,25+,26-,27+,28+,29+,30+,31-/m1/s1. The first-order valence-corrected chi connectivity index (χ1v) is 15.2. The third-order valence-corrected chi connectivity index (χ3v) is 12.2. The van der Waals surface area contributed by atoms with Gasteiger partial charge in [-0.25, -0.2) is 0 Å². The van der Waals surface area contributed by atoms with Gasteiger partial charge in [0.05, 0.1) is 31.8 Å². The molecule has 6 rings (SSSR count). The van der Waals surface area contributed by atoms with Crippen LogP contribution in [0.15, 0.2) is 23.0 Å². The summed E-state index contributed by atoms with van der Waals surface area (Å²) in [6.45, 7) is 11.0. The van der Waals surface area contributed by atoms with Crippen LogP contribution in [0.5, 0.6) is 0 Å². The lowest BCUT2D eigenvalue weighted by Crippen LogP contribution is -2.56. The monoisotopic (exact) mass is 498 g/mol. The topological polar surface area (TPSA) is 60.9 Å². The van der Waals surface area contributed by atoms with Gasteiger partial charge in [0, 0.05) is 24.1 Å². The van der Waals surface area contributed by atoms with Crippen LogP contribution in [0.3, 0.4) is 0 Å². The first-order valence-electron chi connectivity index (χ1n) is 15.2. The van der Waals surface area contributed by atoms with Gasteiger partial charge in [0.2, 0.25) is 0 Å². The molecule has 0 unspecified atom stereocenters. The maximum Gasteiger partial charge on any atom is 0.102 e. The van der Waals surface area contributed by atoms with Crippen LogP contribution in [-0.4, -0.2) is 50.4 Å². The van der Waals surface area contributed by atoms with E-state index in [1.807, 2.05) is 12.5 Å². The van der Waals surface area contributed by atoms with Gasteiger partial charge in [-0.05, 0) is 119 Å². The number of hydrogen-bond acceptors (Lipinski definition) is 5. The van der Waals surface area contributed by atoms with Crippen LogP contribution >= 0.6 is 0 Å².